The standard InChI is InChI=1S/C13H13ClN6O/c14-9-4-10(6-16-5-9)21-3-1-2-20-8-19-11-12(15)17-7-18-13(11)20/h4-8H,1-3H2,(H2,15,17,18). The van der Waals surface area contributed by atoms with Gasteiger partial charge in [-0.3, -0.25) is 4.98 Å². The first-order valence-corrected chi connectivity index (χ1v) is 6.76. The Balaban J connectivity index is 1.59. The minimum Gasteiger partial charge on any atom is -0.492 e. The summed E-state index contributed by atoms with van der Waals surface area (Å²) in [4.78, 5) is 16.3. The number of rotatable bonds is 5. The van der Waals surface area contributed by atoms with Crippen LogP contribution < -0.4 is 10.5 Å². The summed E-state index contributed by atoms with van der Waals surface area (Å²) in [5.41, 5.74) is 7.09. The molecule has 8 heteroatoms. The molecule has 0 amide bonds. The van der Waals surface area contributed by atoms with E-state index in [0.29, 0.717) is 28.7 Å². The first kappa shape index (κ1) is 13.6. The highest BCUT2D eigenvalue weighted by Gasteiger charge is 2.07. The van der Waals surface area contributed by atoms with Gasteiger partial charge in [0, 0.05) is 18.8 Å². The fourth-order valence-electron chi connectivity index (χ4n) is 1.96. The van der Waals surface area contributed by atoms with Gasteiger partial charge in [-0.15, -0.1) is 0 Å². The van der Waals surface area contributed by atoms with Gasteiger partial charge in [0.05, 0.1) is 24.2 Å². The summed E-state index contributed by atoms with van der Waals surface area (Å²) in [5, 5.41) is 0.556. The molecule has 0 aliphatic rings. The van der Waals surface area contributed by atoms with Gasteiger partial charge in [-0.2, -0.15) is 0 Å². The summed E-state index contributed by atoms with van der Waals surface area (Å²) < 4.78 is 7.51. The average molecular weight is 305 g/mol. The number of aromatic nitrogens is 5. The van der Waals surface area contributed by atoms with Gasteiger partial charge in [-0.1, -0.05) is 11.6 Å². The van der Waals surface area contributed by atoms with E-state index in [-0.39, 0.29) is 0 Å². The molecule has 0 spiro atoms. The van der Waals surface area contributed by atoms with Crippen molar-refractivity contribution in [2.45, 2.75) is 13.0 Å². The highest BCUT2D eigenvalue weighted by atomic mass is 35.5. The number of aryl methyl sites for hydroxylation is 1. The highest BCUT2D eigenvalue weighted by Crippen LogP contribution is 2.16. The van der Waals surface area contributed by atoms with Crippen molar-refractivity contribution >= 4 is 28.6 Å². The minimum atomic E-state index is 0.389. The van der Waals surface area contributed by atoms with Crippen molar-refractivity contribution in [1.29, 1.82) is 0 Å². The molecule has 0 saturated carbocycles. The van der Waals surface area contributed by atoms with Gasteiger partial charge in [-0.25, -0.2) is 15.0 Å². The molecule has 3 aromatic rings. The van der Waals surface area contributed by atoms with Gasteiger partial charge in [0.15, 0.2) is 11.5 Å². The first-order chi connectivity index (χ1) is 10.2. The molecule has 7 nitrogen and oxygen atoms in total. The Morgan fingerprint density at radius 2 is 2.14 bits per heavy atom. The third-order valence-electron chi connectivity index (χ3n) is 2.92. The van der Waals surface area contributed by atoms with E-state index in [1.807, 2.05) is 4.57 Å². The molecule has 0 saturated heterocycles. The SMILES string of the molecule is Nc1ncnc2c1ncn2CCCOc1cncc(Cl)c1. The van der Waals surface area contributed by atoms with Crippen molar-refractivity contribution in [3.05, 3.63) is 36.1 Å². The quantitative estimate of drug-likeness (QED) is 0.724. The third kappa shape index (κ3) is 3.03. The summed E-state index contributed by atoms with van der Waals surface area (Å²) in [6, 6.07) is 1.73. The Morgan fingerprint density at radius 1 is 1.24 bits per heavy atom. The maximum Gasteiger partial charge on any atom is 0.165 e. The van der Waals surface area contributed by atoms with Gasteiger partial charge >= 0.3 is 0 Å². The van der Waals surface area contributed by atoms with Crippen LogP contribution in [0.4, 0.5) is 5.82 Å². The van der Waals surface area contributed by atoms with E-state index in [9.17, 15) is 0 Å². The topological polar surface area (TPSA) is 91.7 Å². The maximum atomic E-state index is 5.84. The monoisotopic (exact) mass is 304 g/mol. The van der Waals surface area contributed by atoms with Crippen LogP contribution in [-0.4, -0.2) is 31.1 Å². The zero-order chi connectivity index (χ0) is 14.7. The van der Waals surface area contributed by atoms with Gasteiger partial charge in [0.25, 0.3) is 0 Å². The van der Waals surface area contributed by atoms with Crippen molar-refractivity contribution in [3.63, 3.8) is 0 Å². The van der Waals surface area contributed by atoms with Gasteiger partial charge in [0.2, 0.25) is 0 Å². The van der Waals surface area contributed by atoms with Crippen LogP contribution in [0.25, 0.3) is 11.2 Å². The van der Waals surface area contributed by atoms with Crippen LogP contribution in [0.2, 0.25) is 5.02 Å². The van der Waals surface area contributed by atoms with E-state index >= 15 is 0 Å². The first-order valence-electron chi connectivity index (χ1n) is 6.39. The zero-order valence-electron chi connectivity index (χ0n) is 11.1. The number of halogens is 1. The number of pyridine rings is 1. The number of nitrogens with zero attached hydrogens (tertiary/aromatic N) is 5. The molecule has 0 radical (unpaired) electrons. The molecule has 2 N–H and O–H groups in total. The van der Waals surface area contributed by atoms with E-state index in [0.717, 1.165) is 18.6 Å². The molecule has 108 valence electrons. The van der Waals surface area contributed by atoms with Gasteiger partial charge in [0.1, 0.15) is 17.6 Å². The van der Waals surface area contributed by atoms with Crippen LogP contribution >= 0.6 is 11.6 Å². The highest BCUT2D eigenvalue weighted by molar-refractivity contribution is 6.30. The molecule has 0 aromatic carbocycles. The summed E-state index contributed by atoms with van der Waals surface area (Å²) in [6.45, 7) is 1.27. The molecule has 21 heavy (non-hydrogen) atoms. The molecule has 0 unspecified atom stereocenters. The molecule has 3 heterocycles. The van der Waals surface area contributed by atoms with E-state index in [2.05, 4.69) is 19.9 Å². The second-order valence-electron chi connectivity index (χ2n) is 4.41. The Bertz CT molecular complexity index is 759. The lowest BCUT2D eigenvalue weighted by Crippen LogP contribution is -2.05. The second kappa shape index (κ2) is 5.92. The third-order valence-corrected chi connectivity index (χ3v) is 3.13. The molecular formula is C13H13ClN6O. The number of nitrogen functional groups attached to an aromatic ring is 1. The summed E-state index contributed by atoms with van der Waals surface area (Å²) in [7, 11) is 0. The number of hydrogen-bond donors (Lipinski definition) is 1. The molecule has 0 fully saturated rings. The Kier molecular flexibility index (Phi) is 3.83. The van der Waals surface area contributed by atoms with Crippen LogP contribution in [0.15, 0.2) is 31.1 Å². The molecule has 0 aliphatic carbocycles. The predicted molar refractivity (Wildman–Crippen MR) is 79.1 cm³/mol. The lowest BCUT2D eigenvalue weighted by atomic mass is 10.4. The average Bonchev–Trinajstić information content (AvgIpc) is 2.88. The van der Waals surface area contributed by atoms with E-state index < -0.39 is 0 Å². The van der Waals surface area contributed by atoms with Crippen molar-refractivity contribution in [2.75, 3.05) is 12.3 Å². The smallest absolute Gasteiger partial charge is 0.165 e. The summed E-state index contributed by atoms with van der Waals surface area (Å²) >= 11 is 5.84. The second-order valence-corrected chi connectivity index (χ2v) is 4.85. The molecule has 3 aromatic heterocycles. The minimum absolute atomic E-state index is 0.389. The van der Waals surface area contributed by atoms with Crippen molar-refractivity contribution in [1.82, 2.24) is 24.5 Å². The number of ether oxygens (including phenoxy) is 1. The van der Waals surface area contributed by atoms with E-state index in [1.54, 1.807) is 24.8 Å². The number of anilines is 1. The lowest BCUT2D eigenvalue weighted by molar-refractivity contribution is 0.301. The molecule has 3 rings (SSSR count). The molecule has 0 aliphatic heterocycles. The fraction of sp³-hybridized carbons (Fsp3) is 0.231. The fourth-order valence-corrected chi connectivity index (χ4v) is 2.12. The van der Waals surface area contributed by atoms with Gasteiger partial charge in [-0.05, 0) is 6.42 Å². The summed E-state index contributed by atoms with van der Waals surface area (Å²) in [5.74, 6) is 1.05. The van der Waals surface area contributed by atoms with Crippen molar-refractivity contribution < 1.29 is 4.74 Å². The Labute approximate surface area is 125 Å². The maximum absolute atomic E-state index is 5.84. The molecule has 0 bridgehead atoms. The Morgan fingerprint density at radius 3 is 3.00 bits per heavy atom. The summed E-state index contributed by atoms with van der Waals surface area (Å²) in [6.07, 6.45) is 7.13. The van der Waals surface area contributed by atoms with E-state index in [1.165, 1.54) is 6.33 Å². The number of nitrogens with two attached hydrogens (primary N) is 1. The molecule has 0 atom stereocenters. The van der Waals surface area contributed by atoms with Crippen molar-refractivity contribution in [3.8, 4) is 5.75 Å². The lowest BCUT2D eigenvalue weighted by Gasteiger charge is -2.07. The normalized spacial score (nSPS) is 10.9. The van der Waals surface area contributed by atoms with Crippen LogP contribution in [0, 0.1) is 0 Å². The van der Waals surface area contributed by atoms with Gasteiger partial charge < -0.3 is 15.0 Å². The van der Waals surface area contributed by atoms with Crippen LogP contribution in [0.1, 0.15) is 6.42 Å². The van der Waals surface area contributed by atoms with Crippen LogP contribution in [0.3, 0.4) is 0 Å². The zero-order valence-corrected chi connectivity index (χ0v) is 11.9. The van der Waals surface area contributed by atoms with E-state index in [4.69, 9.17) is 22.1 Å². The predicted octanol–water partition coefficient (Wildman–Crippen LogP) is 1.93. The number of hydrogen-bond acceptors (Lipinski definition) is 6. The van der Waals surface area contributed by atoms with Crippen LogP contribution in [0.5, 0.6) is 5.75 Å². The largest absolute Gasteiger partial charge is 0.492 e. The van der Waals surface area contributed by atoms with Crippen LogP contribution in [-0.2, 0) is 6.54 Å². The number of imidazole rings is 1. The molecular weight excluding hydrogens is 292 g/mol. The van der Waals surface area contributed by atoms with Crippen molar-refractivity contribution in [2.24, 2.45) is 0 Å². The Hall–Kier alpha value is -2.41. The number of fused-ring (bicyclic) bond motifs is 1.